The van der Waals surface area contributed by atoms with Crippen molar-refractivity contribution in [2.24, 2.45) is 0 Å². The molecule has 2 aromatic carbocycles. The molecule has 0 radical (unpaired) electrons. The predicted molar refractivity (Wildman–Crippen MR) is 92.8 cm³/mol. The van der Waals surface area contributed by atoms with Crippen LogP contribution in [0, 0.1) is 6.92 Å². The van der Waals surface area contributed by atoms with Crippen LogP contribution in [-0.4, -0.2) is 25.6 Å². The summed E-state index contributed by atoms with van der Waals surface area (Å²) in [5.74, 6) is -0.276. The smallest absolute Gasteiger partial charge is 0.331 e. The normalized spacial score (nSPS) is 10.4. The predicted octanol–water partition coefficient (Wildman–Crippen LogP) is 3.20. The van der Waals surface area contributed by atoms with Crippen molar-refractivity contribution in [3.8, 4) is 5.75 Å². The maximum absolute atomic E-state index is 11.7. The van der Waals surface area contributed by atoms with Crippen molar-refractivity contribution in [2.45, 2.75) is 6.92 Å². The highest BCUT2D eigenvalue weighted by molar-refractivity contribution is 5.94. The Hall–Kier alpha value is -3.08. The van der Waals surface area contributed by atoms with Gasteiger partial charge in [0.05, 0.1) is 7.11 Å². The third kappa shape index (κ3) is 5.61. The van der Waals surface area contributed by atoms with Crippen LogP contribution in [0.25, 0.3) is 6.08 Å². The molecule has 0 heterocycles. The summed E-state index contributed by atoms with van der Waals surface area (Å²) in [7, 11) is 1.57. The molecule has 0 aromatic heterocycles. The number of nitrogens with one attached hydrogen (secondary N) is 1. The van der Waals surface area contributed by atoms with E-state index in [9.17, 15) is 9.59 Å². The molecule has 2 aromatic rings. The van der Waals surface area contributed by atoms with Crippen molar-refractivity contribution in [1.82, 2.24) is 0 Å². The zero-order valence-corrected chi connectivity index (χ0v) is 13.6. The van der Waals surface area contributed by atoms with Crippen LogP contribution >= 0.6 is 0 Å². The van der Waals surface area contributed by atoms with Gasteiger partial charge in [0, 0.05) is 11.8 Å². The number of methoxy groups -OCH3 is 1. The fourth-order valence-electron chi connectivity index (χ4n) is 1.93. The van der Waals surface area contributed by atoms with Crippen LogP contribution in [0.4, 0.5) is 5.69 Å². The Balaban J connectivity index is 1.80. The molecule has 0 aliphatic carbocycles. The van der Waals surface area contributed by atoms with E-state index < -0.39 is 5.97 Å². The summed E-state index contributed by atoms with van der Waals surface area (Å²) in [6.45, 7) is 1.62. The molecule has 24 heavy (non-hydrogen) atoms. The molecule has 0 bridgehead atoms. The Morgan fingerprint density at radius 1 is 1.12 bits per heavy atom. The van der Waals surface area contributed by atoms with E-state index in [1.807, 2.05) is 37.3 Å². The van der Waals surface area contributed by atoms with Crippen molar-refractivity contribution in [1.29, 1.82) is 0 Å². The molecular formula is C19H19NO4. The Labute approximate surface area is 140 Å². The van der Waals surface area contributed by atoms with E-state index in [2.05, 4.69) is 5.32 Å². The van der Waals surface area contributed by atoms with E-state index in [0.717, 1.165) is 11.1 Å². The number of anilines is 1. The molecule has 0 atom stereocenters. The highest BCUT2D eigenvalue weighted by Gasteiger charge is 2.05. The van der Waals surface area contributed by atoms with Gasteiger partial charge < -0.3 is 14.8 Å². The molecule has 1 N–H and O–H groups in total. The van der Waals surface area contributed by atoms with Crippen molar-refractivity contribution in [3.63, 3.8) is 0 Å². The highest BCUT2D eigenvalue weighted by atomic mass is 16.5. The van der Waals surface area contributed by atoms with Gasteiger partial charge in [0.25, 0.3) is 5.91 Å². The SMILES string of the molecule is COc1cccc(/C=C/C(=O)OCC(=O)Nc2ccc(C)cc2)c1. The second-order valence-electron chi connectivity index (χ2n) is 5.13. The van der Waals surface area contributed by atoms with Crippen molar-refractivity contribution < 1.29 is 19.1 Å². The van der Waals surface area contributed by atoms with Gasteiger partial charge in [0.1, 0.15) is 5.75 Å². The number of esters is 1. The van der Waals surface area contributed by atoms with Gasteiger partial charge in [-0.15, -0.1) is 0 Å². The number of hydrogen-bond acceptors (Lipinski definition) is 4. The first-order chi connectivity index (χ1) is 11.6. The minimum atomic E-state index is -0.586. The van der Waals surface area contributed by atoms with Crippen LogP contribution in [-0.2, 0) is 14.3 Å². The molecule has 5 nitrogen and oxygen atoms in total. The van der Waals surface area contributed by atoms with Gasteiger partial charge in [-0.25, -0.2) is 4.79 Å². The van der Waals surface area contributed by atoms with Crippen molar-refractivity contribution in [2.75, 3.05) is 19.0 Å². The van der Waals surface area contributed by atoms with Crippen LogP contribution in [0.2, 0.25) is 0 Å². The number of rotatable bonds is 6. The summed E-state index contributed by atoms with van der Waals surface area (Å²) in [5.41, 5.74) is 2.56. The molecule has 0 saturated heterocycles. The van der Waals surface area contributed by atoms with Crippen molar-refractivity contribution >= 4 is 23.6 Å². The molecule has 0 saturated carbocycles. The molecule has 124 valence electrons. The van der Waals surface area contributed by atoms with Gasteiger partial charge in [-0.2, -0.15) is 0 Å². The fourth-order valence-corrected chi connectivity index (χ4v) is 1.93. The number of amides is 1. The lowest BCUT2D eigenvalue weighted by Gasteiger charge is -2.05. The average molecular weight is 325 g/mol. The van der Waals surface area contributed by atoms with Crippen LogP contribution in [0.3, 0.4) is 0 Å². The summed E-state index contributed by atoms with van der Waals surface area (Å²) >= 11 is 0. The number of carbonyl (C=O) groups is 2. The first kappa shape index (κ1) is 17.3. The maximum Gasteiger partial charge on any atom is 0.331 e. The molecule has 0 aliphatic heterocycles. The summed E-state index contributed by atoms with van der Waals surface area (Å²) < 4.78 is 10.0. The van der Waals surface area contributed by atoms with Crippen LogP contribution in [0.1, 0.15) is 11.1 Å². The molecule has 0 aliphatic rings. The topological polar surface area (TPSA) is 64.6 Å². The first-order valence-corrected chi connectivity index (χ1v) is 7.42. The third-order valence-electron chi connectivity index (χ3n) is 3.19. The Morgan fingerprint density at radius 2 is 1.88 bits per heavy atom. The van der Waals surface area contributed by atoms with Gasteiger partial charge >= 0.3 is 5.97 Å². The number of hydrogen-bond donors (Lipinski definition) is 1. The molecule has 1 amide bonds. The zero-order valence-electron chi connectivity index (χ0n) is 13.6. The van der Waals surface area contributed by atoms with E-state index >= 15 is 0 Å². The standard InChI is InChI=1S/C19H19NO4/c1-14-6-9-16(10-7-14)20-18(21)13-24-19(22)11-8-15-4-3-5-17(12-15)23-2/h3-12H,13H2,1-2H3,(H,20,21)/b11-8+. The van der Waals surface area contributed by atoms with Gasteiger partial charge in [-0.05, 0) is 42.8 Å². The monoisotopic (exact) mass is 325 g/mol. The molecule has 0 unspecified atom stereocenters. The first-order valence-electron chi connectivity index (χ1n) is 7.42. The van der Waals surface area contributed by atoms with Crippen LogP contribution in [0.15, 0.2) is 54.6 Å². The largest absolute Gasteiger partial charge is 0.497 e. The van der Waals surface area contributed by atoms with E-state index in [1.54, 1.807) is 31.4 Å². The number of ether oxygens (including phenoxy) is 2. The quantitative estimate of drug-likeness (QED) is 0.654. The van der Waals surface area contributed by atoms with Crippen LogP contribution < -0.4 is 10.1 Å². The average Bonchev–Trinajstić information content (AvgIpc) is 2.60. The molecule has 5 heteroatoms. The summed E-state index contributed by atoms with van der Waals surface area (Å²) in [6.07, 6.45) is 2.87. The van der Waals surface area contributed by atoms with Gasteiger partial charge in [-0.3, -0.25) is 4.79 Å². The van der Waals surface area contributed by atoms with Gasteiger partial charge in [0.15, 0.2) is 6.61 Å². The number of carbonyl (C=O) groups excluding carboxylic acids is 2. The minimum Gasteiger partial charge on any atom is -0.497 e. The summed E-state index contributed by atoms with van der Waals surface area (Å²) in [4.78, 5) is 23.4. The summed E-state index contributed by atoms with van der Waals surface area (Å²) in [5, 5.41) is 2.66. The molecule has 0 spiro atoms. The lowest BCUT2D eigenvalue weighted by Crippen LogP contribution is -2.20. The lowest BCUT2D eigenvalue weighted by molar-refractivity contribution is -0.142. The highest BCUT2D eigenvalue weighted by Crippen LogP contribution is 2.13. The van der Waals surface area contributed by atoms with E-state index in [1.165, 1.54) is 6.08 Å². The number of aryl methyl sites for hydroxylation is 1. The maximum atomic E-state index is 11.7. The van der Waals surface area contributed by atoms with Gasteiger partial charge in [0.2, 0.25) is 0 Å². The van der Waals surface area contributed by atoms with E-state index in [-0.39, 0.29) is 12.5 Å². The van der Waals surface area contributed by atoms with E-state index in [0.29, 0.717) is 11.4 Å². The number of benzene rings is 2. The molecule has 0 fully saturated rings. The Kier molecular flexibility index (Phi) is 6.14. The van der Waals surface area contributed by atoms with Gasteiger partial charge in [-0.1, -0.05) is 29.8 Å². The van der Waals surface area contributed by atoms with E-state index in [4.69, 9.17) is 9.47 Å². The third-order valence-corrected chi connectivity index (χ3v) is 3.19. The summed E-state index contributed by atoms with van der Waals surface area (Å²) in [6, 6.07) is 14.6. The lowest BCUT2D eigenvalue weighted by atomic mass is 10.2. The zero-order chi connectivity index (χ0) is 17.4. The Bertz CT molecular complexity index is 735. The fraction of sp³-hybridized carbons (Fsp3) is 0.158. The Morgan fingerprint density at radius 3 is 2.58 bits per heavy atom. The van der Waals surface area contributed by atoms with Crippen LogP contribution in [0.5, 0.6) is 5.75 Å². The van der Waals surface area contributed by atoms with Crippen molar-refractivity contribution in [3.05, 3.63) is 65.7 Å². The molecular weight excluding hydrogens is 306 g/mol. The molecule has 2 rings (SSSR count). The second kappa shape index (κ2) is 8.53. The second-order valence-corrected chi connectivity index (χ2v) is 5.13. The minimum absolute atomic E-state index is 0.338.